The molecule has 0 aliphatic carbocycles. The van der Waals surface area contributed by atoms with Crippen LogP contribution in [0.4, 0.5) is 11.4 Å². The van der Waals surface area contributed by atoms with E-state index in [1.54, 1.807) is 0 Å². The van der Waals surface area contributed by atoms with Crippen LogP contribution in [0.15, 0.2) is 68.6 Å². The van der Waals surface area contributed by atoms with Crippen molar-refractivity contribution >= 4 is 31.6 Å². The van der Waals surface area contributed by atoms with Crippen molar-refractivity contribution in [2.45, 2.75) is 9.79 Å². The maximum atomic E-state index is 10.9. The van der Waals surface area contributed by atoms with Crippen LogP contribution in [-0.2, 0) is 20.2 Å². The Kier molecular flexibility index (Phi) is 4.37. The maximum Gasteiger partial charge on any atom is 0.294 e. The molecule has 0 amide bonds. The van der Waals surface area contributed by atoms with E-state index in [0.29, 0.717) is 11.4 Å². The zero-order valence-electron chi connectivity index (χ0n) is 10.9. The molecule has 2 N–H and O–H groups in total. The fraction of sp³-hybridized carbons (Fsp3) is 0. The van der Waals surface area contributed by atoms with Gasteiger partial charge in [0.1, 0.15) is 0 Å². The van der Waals surface area contributed by atoms with Gasteiger partial charge in [-0.1, -0.05) is 0 Å². The second-order valence-corrected chi connectivity index (χ2v) is 6.98. The molecule has 2 aromatic carbocycles. The average Bonchev–Trinajstić information content (AvgIpc) is 2.44. The number of azo groups is 1. The molecule has 0 fully saturated rings. The van der Waals surface area contributed by atoms with Crippen molar-refractivity contribution in [3.8, 4) is 0 Å². The molecule has 0 aliphatic rings. The van der Waals surface area contributed by atoms with E-state index in [0.717, 1.165) is 0 Å². The van der Waals surface area contributed by atoms with Gasteiger partial charge in [-0.2, -0.15) is 27.1 Å². The lowest BCUT2D eigenvalue weighted by Crippen LogP contribution is -1.96. The molecule has 0 radical (unpaired) electrons. The minimum Gasteiger partial charge on any atom is -0.282 e. The van der Waals surface area contributed by atoms with Gasteiger partial charge in [-0.05, 0) is 48.5 Å². The first-order chi connectivity index (χ1) is 10.2. The molecule has 2 aromatic rings. The first-order valence-corrected chi connectivity index (χ1v) is 8.61. The van der Waals surface area contributed by atoms with E-state index < -0.39 is 20.2 Å². The average molecular weight is 342 g/mol. The molecule has 0 saturated heterocycles. The molecule has 0 aromatic heterocycles. The Morgan fingerprint density at radius 3 is 1.09 bits per heavy atom. The zero-order chi connectivity index (χ0) is 16.4. The van der Waals surface area contributed by atoms with Crippen LogP contribution < -0.4 is 0 Å². The highest BCUT2D eigenvalue weighted by molar-refractivity contribution is 7.86. The van der Waals surface area contributed by atoms with Crippen molar-refractivity contribution in [3.63, 3.8) is 0 Å². The van der Waals surface area contributed by atoms with Crippen molar-refractivity contribution in [1.29, 1.82) is 0 Å². The standard InChI is InChI=1S/C12H10N2O6S2/c15-21(16,17)11-5-1-9(2-6-11)13-14-10-3-7-12(8-4-10)22(18,19)20/h1-8H,(H,15,16,17)(H,18,19,20). The molecule has 0 saturated carbocycles. The van der Waals surface area contributed by atoms with Crippen molar-refractivity contribution in [3.05, 3.63) is 48.5 Å². The summed E-state index contributed by atoms with van der Waals surface area (Å²) in [6, 6.07) is 10.1. The molecule has 0 atom stereocenters. The lowest BCUT2D eigenvalue weighted by molar-refractivity contribution is 0.481. The van der Waals surface area contributed by atoms with Crippen LogP contribution in [0.25, 0.3) is 0 Å². The molecule has 0 heterocycles. The lowest BCUT2D eigenvalue weighted by atomic mass is 10.3. The Morgan fingerprint density at radius 2 is 0.864 bits per heavy atom. The van der Waals surface area contributed by atoms with Crippen LogP contribution in [0, 0.1) is 0 Å². The predicted molar refractivity (Wildman–Crippen MR) is 76.7 cm³/mol. The second-order valence-electron chi connectivity index (χ2n) is 4.14. The van der Waals surface area contributed by atoms with Gasteiger partial charge >= 0.3 is 0 Å². The summed E-state index contributed by atoms with van der Waals surface area (Å²) in [6.45, 7) is 0. The van der Waals surface area contributed by atoms with E-state index in [2.05, 4.69) is 10.2 Å². The van der Waals surface area contributed by atoms with Crippen LogP contribution in [0.1, 0.15) is 0 Å². The Hall–Kier alpha value is -2.14. The summed E-state index contributed by atoms with van der Waals surface area (Å²) >= 11 is 0. The molecule has 0 aliphatic heterocycles. The minimum atomic E-state index is -4.26. The van der Waals surface area contributed by atoms with Gasteiger partial charge in [-0.3, -0.25) is 9.11 Å². The minimum absolute atomic E-state index is 0.260. The summed E-state index contributed by atoms with van der Waals surface area (Å²) in [6.07, 6.45) is 0. The van der Waals surface area contributed by atoms with E-state index in [1.807, 2.05) is 0 Å². The Labute approximate surface area is 126 Å². The van der Waals surface area contributed by atoms with Crippen LogP contribution in [0.3, 0.4) is 0 Å². The van der Waals surface area contributed by atoms with Gasteiger partial charge in [0.2, 0.25) is 0 Å². The molecule has 2 rings (SSSR count). The molecule has 10 heteroatoms. The van der Waals surface area contributed by atoms with Gasteiger partial charge in [-0.25, -0.2) is 0 Å². The SMILES string of the molecule is O=S(=O)(O)c1ccc(N=Nc2ccc(S(=O)(=O)O)cc2)cc1. The number of nitrogens with zero attached hydrogens (tertiary/aromatic N) is 2. The Bertz CT molecular complexity index is 824. The summed E-state index contributed by atoms with van der Waals surface area (Å²) in [4.78, 5) is -0.520. The van der Waals surface area contributed by atoms with Crippen molar-refractivity contribution in [1.82, 2.24) is 0 Å². The molecule has 116 valence electrons. The lowest BCUT2D eigenvalue weighted by Gasteiger charge is -1.98. The Morgan fingerprint density at radius 1 is 0.591 bits per heavy atom. The molecule has 8 nitrogen and oxygen atoms in total. The third-order valence-corrected chi connectivity index (χ3v) is 4.29. The maximum absolute atomic E-state index is 10.9. The van der Waals surface area contributed by atoms with E-state index in [-0.39, 0.29) is 9.79 Å². The monoisotopic (exact) mass is 342 g/mol. The second kappa shape index (κ2) is 5.93. The van der Waals surface area contributed by atoms with Crippen LogP contribution in [0.5, 0.6) is 0 Å². The zero-order valence-corrected chi connectivity index (χ0v) is 12.5. The number of benzene rings is 2. The third-order valence-electron chi connectivity index (χ3n) is 2.55. The van der Waals surface area contributed by atoms with E-state index in [1.165, 1.54) is 48.5 Å². The third kappa shape index (κ3) is 4.18. The molecule has 0 unspecified atom stereocenters. The highest BCUT2D eigenvalue weighted by atomic mass is 32.2. The number of rotatable bonds is 4. The smallest absolute Gasteiger partial charge is 0.282 e. The fourth-order valence-corrected chi connectivity index (χ4v) is 2.45. The first-order valence-electron chi connectivity index (χ1n) is 5.73. The van der Waals surface area contributed by atoms with Crippen LogP contribution >= 0.6 is 0 Å². The van der Waals surface area contributed by atoms with Gasteiger partial charge in [0.25, 0.3) is 20.2 Å². The topological polar surface area (TPSA) is 133 Å². The van der Waals surface area contributed by atoms with Gasteiger partial charge in [0.05, 0.1) is 21.2 Å². The first kappa shape index (κ1) is 16.2. The molecular formula is C12H10N2O6S2. The highest BCUT2D eigenvalue weighted by Gasteiger charge is 2.09. The van der Waals surface area contributed by atoms with Gasteiger partial charge in [0, 0.05) is 0 Å². The summed E-state index contributed by atoms with van der Waals surface area (Å²) in [5.74, 6) is 0. The van der Waals surface area contributed by atoms with Gasteiger partial charge < -0.3 is 0 Å². The number of hydrogen-bond donors (Lipinski definition) is 2. The molecule has 0 bridgehead atoms. The molecule has 0 spiro atoms. The Balaban J connectivity index is 2.18. The van der Waals surface area contributed by atoms with E-state index in [4.69, 9.17) is 9.11 Å². The molecular weight excluding hydrogens is 332 g/mol. The molecule has 22 heavy (non-hydrogen) atoms. The van der Waals surface area contributed by atoms with Gasteiger partial charge in [0.15, 0.2) is 0 Å². The summed E-state index contributed by atoms with van der Waals surface area (Å²) in [7, 11) is -8.52. The van der Waals surface area contributed by atoms with Crippen molar-refractivity contribution in [2.24, 2.45) is 10.2 Å². The quantitative estimate of drug-likeness (QED) is 0.648. The normalized spacial score (nSPS) is 12.6. The van der Waals surface area contributed by atoms with Crippen LogP contribution in [0.2, 0.25) is 0 Å². The van der Waals surface area contributed by atoms with Crippen molar-refractivity contribution < 1.29 is 25.9 Å². The van der Waals surface area contributed by atoms with Crippen molar-refractivity contribution in [2.75, 3.05) is 0 Å². The van der Waals surface area contributed by atoms with E-state index in [9.17, 15) is 16.8 Å². The summed E-state index contributed by atoms with van der Waals surface area (Å²) < 4.78 is 61.1. The fourth-order valence-electron chi connectivity index (χ4n) is 1.49. The summed E-state index contributed by atoms with van der Waals surface area (Å²) in [5.41, 5.74) is 0.678. The largest absolute Gasteiger partial charge is 0.294 e. The summed E-state index contributed by atoms with van der Waals surface area (Å²) in [5, 5.41) is 7.66. The number of hydrogen-bond acceptors (Lipinski definition) is 6. The van der Waals surface area contributed by atoms with Crippen LogP contribution in [-0.4, -0.2) is 25.9 Å². The predicted octanol–water partition coefficient (Wildman–Crippen LogP) is 2.60. The van der Waals surface area contributed by atoms with E-state index >= 15 is 0 Å². The van der Waals surface area contributed by atoms with Gasteiger partial charge in [-0.15, -0.1) is 0 Å². The highest BCUT2D eigenvalue weighted by Crippen LogP contribution is 2.21.